The van der Waals surface area contributed by atoms with Crippen molar-refractivity contribution < 1.29 is 4.79 Å². The second-order valence-corrected chi connectivity index (χ2v) is 7.03. The first kappa shape index (κ1) is 17.5. The van der Waals surface area contributed by atoms with Gasteiger partial charge in [0.2, 0.25) is 5.91 Å². The summed E-state index contributed by atoms with van der Waals surface area (Å²) in [7, 11) is 0. The summed E-state index contributed by atoms with van der Waals surface area (Å²) in [5, 5.41) is 4.06. The molecule has 1 saturated heterocycles. The van der Waals surface area contributed by atoms with E-state index in [0.717, 1.165) is 42.8 Å². The summed E-state index contributed by atoms with van der Waals surface area (Å²) in [6.07, 6.45) is 1.75. The van der Waals surface area contributed by atoms with Crippen LogP contribution in [0.2, 0.25) is 0 Å². The van der Waals surface area contributed by atoms with Crippen LogP contribution in [0.15, 0.2) is 60.8 Å². The third-order valence-corrected chi connectivity index (χ3v) is 5.01. The van der Waals surface area contributed by atoms with E-state index in [-0.39, 0.29) is 5.91 Å². The highest BCUT2D eigenvalue weighted by Crippen LogP contribution is 2.21. The predicted molar refractivity (Wildman–Crippen MR) is 110 cm³/mol. The largest absolute Gasteiger partial charge is 0.369 e. The van der Waals surface area contributed by atoms with Crippen molar-refractivity contribution in [3.8, 4) is 0 Å². The van der Waals surface area contributed by atoms with Crippen molar-refractivity contribution in [2.75, 3.05) is 42.9 Å². The maximum absolute atomic E-state index is 12.5. The highest BCUT2D eigenvalue weighted by Gasteiger charge is 2.19. The van der Waals surface area contributed by atoms with Gasteiger partial charge in [-0.05, 0) is 36.8 Å². The molecule has 0 unspecified atom stereocenters. The summed E-state index contributed by atoms with van der Waals surface area (Å²) >= 11 is 0. The minimum absolute atomic E-state index is 0.0113. The Morgan fingerprint density at radius 3 is 2.63 bits per heavy atom. The molecule has 1 aliphatic rings. The van der Waals surface area contributed by atoms with Crippen LogP contribution in [-0.4, -0.2) is 48.5 Å². The van der Waals surface area contributed by atoms with Crippen molar-refractivity contribution in [1.29, 1.82) is 0 Å². The lowest BCUT2D eigenvalue weighted by Gasteiger charge is -2.35. The molecule has 1 aliphatic heterocycles. The molecule has 0 spiro atoms. The number of hydrogen-bond donors (Lipinski definition) is 1. The summed E-state index contributed by atoms with van der Waals surface area (Å²) < 4.78 is 0. The zero-order valence-corrected chi connectivity index (χ0v) is 15.6. The van der Waals surface area contributed by atoms with Crippen LogP contribution in [0.4, 0.5) is 11.4 Å². The van der Waals surface area contributed by atoms with Crippen molar-refractivity contribution in [3.63, 3.8) is 0 Å². The second kappa shape index (κ2) is 7.76. The number of carbonyl (C=O) groups excluding carboxylic acids is 1. The molecule has 3 aromatic rings. The molecule has 0 aliphatic carbocycles. The standard InChI is InChI=1S/C22H24N4O/c1-17-5-2-8-19(15-17)26-13-11-25(12-14-26)16-21(27)24-20-9-3-6-18-7-4-10-23-22(18)20/h2-10,15H,11-14,16H2,1H3,(H,24,27). The molecule has 1 fully saturated rings. The molecule has 1 amide bonds. The number of fused-ring (bicyclic) bond motifs is 1. The van der Waals surface area contributed by atoms with E-state index in [0.29, 0.717) is 6.54 Å². The van der Waals surface area contributed by atoms with Crippen molar-refractivity contribution in [2.45, 2.75) is 6.92 Å². The minimum Gasteiger partial charge on any atom is -0.369 e. The monoisotopic (exact) mass is 360 g/mol. The first-order chi connectivity index (χ1) is 13.2. The van der Waals surface area contributed by atoms with Crippen LogP contribution in [0.5, 0.6) is 0 Å². The van der Waals surface area contributed by atoms with Gasteiger partial charge in [-0.1, -0.05) is 30.3 Å². The number of para-hydroxylation sites is 1. The molecule has 4 rings (SSSR count). The summed E-state index contributed by atoms with van der Waals surface area (Å²) in [5.41, 5.74) is 4.15. The summed E-state index contributed by atoms with van der Waals surface area (Å²) in [4.78, 5) is 21.5. The Kier molecular flexibility index (Phi) is 5.03. The third-order valence-electron chi connectivity index (χ3n) is 5.01. The fourth-order valence-corrected chi connectivity index (χ4v) is 3.59. The Balaban J connectivity index is 1.34. The van der Waals surface area contributed by atoms with Gasteiger partial charge in [-0.25, -0.2) is 0 Å². The number of amides is 1. The molecular formula is C22H24N4O. The Morgan fingerprint density at radius 2 is 1.81 bits per heavy atom. The molecule has 5 nitrogen and oxygen atoms in total. The summed E-state index contributed by atoms with van der Waals surface area (Å²) in [6, 6.07) is 18.4. The molecule has 27 heavy (non-hydrogen) atoms. The van der Waals surface area contributed by atoms with Gasteiger partial charge in [0.05, 0.1) is 17.7 Å². The first-order valence-corrected chi connectivity index (χ1v) is 9.36. The molecule has 0 radical (unpaired) electrons. The second-order valence-electron chi connectivity index (χ2n) is 7.03. The summed E-state index contributed by atoms with van der Waals surface area (Å²) in [6.45, 7) is 6.17. The van der Waals surface area contributed by atoms with E-state index in [1.165, 1.54) is 11.3 Å². The first-order valence-electron chi connectivity index (χ1n) is 9.36. The fourth-order valence-electron chi connectivity index (χ4n) is 3.59. The van der Waals surface area contributed by atoms with Crippen LogP contribution >= 0.6 is 0 Å². The van der Waals surface area contributed by atoms with E-state index in [1.54, 1.807) is 6.20 Å². The molecule has 1 aromatic heterocycles. The third kappa shape index (κ3) is 4.09. The minimum atomic E-state index is 0.0113. The van der Waals surface area contributed by atoms with E-state index in [9.17, 15) is 4.79 Å². The molecule has 5 heteroatoms. The Morgan fingerprint density at radius 1 is 1.04 bits per heavy atom. The SMILES string of the molecule is Cc1cccc(N2CCN(CC(=O)Nc3cccc4cccnc34)CC2)c1. The van der Waals surface area contributed by atoms with Gasteiger partial charge in [-0.3, -0.25) is 14.7 Å². The van der Waals surface area contributed by atoms with Gasteiger partial charge in [0, 0.05) is 43.4 Å². The Hall–Kier alpha value is -2.92. The van der Waals surface area contributed by atoms with Gasteiger partial charge >= 0.3 is 0 Å². The van der Waals surface area contributed by atoms with E-state index in [1.807, 2.05) is 30.3 Å². The number of pyridine rings is 1. The van der Waals surface area contributed by atoms with Crippen LogP contribution in [0.3, 0.4) is 0 Å². The number of nitrogens with zero attached hydrogens (tertiary/aromatic N) is 3. The quantitative estimate of drug-likeness (QED) is 0.776. The number of hydrogen-bond acceptors (Lipinski definition) is 4. The van der Waals surface area contributed by atoms with Gasteiger partial charge in [-0.15, -0.1) is 0 Å². The maximum Gasteiger partial charge on any atom is 0.238 e. The average Bonchev–Trinajstić information content (AvgIpc) is 2.69. The number of aromatic nitrogens is 1. The van der Waals surface area contributed by atoms with Crippen LogP contribution in [0.25, 0.3) is 10.9 Å². The summed E-state index contributed by atoms with van der Waals surface area (Å²) in [5.74, 6) is 0.0113. The number of anilines is 2. The molecule has 1 N–H and O–H groups in total. The number of nitrogens with one attached hydrogen (secondary N) is 1. The van der Waals surface area contributed by atoms with Gasteiger partial charge in [0.1, 0.15) is 0 Å². The van der Waals surface area contributed by atoms with Gasteiger partial charge < -0.3 is 10.2 Å². The lowest BCUT2D eigenvalue weighted by molar-refractivity contribution is -0.117. The van der Waals surface area contributed by atoms with Crippen LogP contribution in [0.1, 0.15) is 5.56 Å². The van der Waals surface area contributed by atoms with Crippen LogP contribution < -0.4 is 10.2 Å². The van der Waals surface area contributed by atoms with Crippen LogP contribution in [0, 0.1) is 6.92 Å². The molecular weight excluding hydrogens is 336 g/mol. The molecule has 2 aromatic carbocycles. The number of aryl methyl sites for hydroxylation is 1. The number of benzene rings is 2. The smallest absolute Gasteiger partial charge is 0.238 e. The van der Waals surface area contributed by atoms with Crippen LogP contribution in [-0.2, 0) is 4.79 Å². The van der Waals surface area contributed by atoms with E-state index in [4.69, 9.17) is 0 Å². The Bertz CT molecular complexity index is 942. The molecule has 2 heterocycles. The van der Waals surface area contributed by atoms with Gasteiger partial charge in [-0.2, -0.15) is 0 Å². The zero-order valence-electron chi connectivity index (χ0n) is 15.6. The van der Waals surface area contributed by atoms with Crippen molar-refractivity contribution in [3.05, 3.63) is 66.4 Å². The number of rotatable bonds is 4. The number of carbonyl (C=O) groups is 1. The topological polar surface area (TPSA) is 48.5 Å². The molecule has 0 bridgehead atoms. The van der Waals surface area contributed by atoms with E-state index < -0.39 is 0 Å². The van der Waals surface area contributed by atoms with Crippen molar-refractivity contribution in [2.24, 2.45) is 0 Å². The van der Waals surface area contributed by atoms with E-state index >= 15 is 0 Å². The lowest BCUT2D eigenvalue weighted by Crippen LogP contribution is -2.48. The van der Waals surface area contributed by atoms with Crippen molar-refractivity contribution in [1.82, 2.24) is 9.88 Å². The normalized spacial score (nSPS) is 15.1. The van der Waals surface area contributed by atoms with E-state index in [2.05, 4.69) is 51.3 Å². The van der Waals surface area contributed by atoms with Crippen molar-refractivity contribution >= 4 is 28.2 Å². The van der Waals surface area contributed by atoms with Gasteiger partial charge in [0.15, 0.2) is 0 Å². The predicted octanol–water partition coefficient (Wildman–Crippen LogP) is 3.30. The molecule has 0 atom stereocenters. The fraction of sp³-hybridized carbons (Fsp3) is 0.273. The van der Waals surface area contributed by atoms with Gasteiger partial charge in [0.25, 0.3) is 0 Å². The molecule has 138 valence electrons. The average molecular weight is 360 g/mol. The highest BCUT2D eigenvalue weighted by molar-refractivity contribution is 6.00. The molecule has 0 saturated carbocycles. The highest BCUT2D eigenvalue weighted by atomic mass is 16.2. The zero-order chi connectivity index (χ0) is 18.6. The maximum atomic E-state index is 12.5. The Labute approximate surface area is 159 Å². The number of piperazine rings is 1. The lowest BCUT2D eigenvalue weighted by atomic mass is 10.2.